The summed E-state index contributed by atoms with van der Waals surface area (Å²) in [5, 5.41) is 13.5. The van der Waals surface area contributed by atoms with Crippen molar-refractivity contribution in [2.24, 2.45) is 23.7 Å². The number of allylic oxidation sites excluding steroid dienone is 2. The SMILES string of the molecule is COc1ccc([C@@]23C(=O)N(Nc4ccc(Cl)cc4Cl)C(=O)[C@@H]2C[C@@H]2C(=CC[C@@H]4C(=O)N(C5CCN(Cc6ccccc6)CC5)C(=O)[C@@H]42)[C@@H]3c2cccc(C)c2O)cc1. The second-order valence-electron chi connectivity index (χ2n) is 16.3. The van der Waals surface area contributed by atoms with E-state index in [1.807, 2.05) is 30.3 Å². The van der Waals surface area contributed by atoms with Gasteiger partial charge >= 0.3 is 0 Å². The van der Waals surface area contributed by atoms with Crippen LogP contribution in [-0.4, -0.2) is 69.8 Å². The Balaban J connectivity index is 1.13. The summed E-state index contributed by atoms with van der Waals surface area (Å²) in [6.07, 6.45) is 3.82. The van der Waals surface area contributed by atoms with E-state index in [9.17, 15) is 14.7 Å². The average molecular weight is 820 g/mol. The molecule has 0 aromatic heterocycles. The van der Waals surface area contributed by atoms with Gasteiger partial charge in [0.25, 0.3) is 11.8 Å². The van der Waals surface area contributed by atoms with Gasteiger partial charge in [-0.3, -0.25) is 34.4 Å². The number of fused-ring (bicyclic) bond motifs is 4. The number of phenolic OH excluding ortho intramolecular Hbond substituents is 1. The number of rotatable bonds is 8. The Hall–Kier alpha value is -5.16. The van der Waals surface area contributed by atoms with Gasteiger partial charge in [-0.25, -0.2) is 0 Å². The van der Waals surface area contributed by atoms with Crippen LogP contribution >= 0.6 is 23.2 Å². The van der Waals surface area contributed by atoms with E-state index < -0.39 is 46.8 Å². The first-order valence-electron chi connectivity index (χ1n) is 19.9. The van der Waals surface area contributed by atoms with Gasteiger partial charge in [0.2, 0.25) is 11.8 Å². The molecule has 4 aromatic rings. The van der Waals surface area contributed by atoms with Crippen LogP contribution in [0.5, 0.6) is 11.5 Å². The number of amides is 4. The standard InChI is InChI=1S/C46H44Cl2N4O6/c1-26-7-6-10-34(41(26)53)40-32-16-17-33-39(44(56)51(42(33)54)30-19-21-50(22-20-30)25-27-8-4-3-5-9-27)35(32)24-36-43(55)52(49-38-18-13-29(47)23-37(38)48)45(57)46(36,40)28-11-14-31(58-2)15-12-28/h3-16,18,23,30,33,35-36,39-40,49,53H,17,19-22,24-25H2,1-2H3/t33-,35+,36-,39-,40+,46+/m0/s1. The summed E-state index contributed by atoms with van der Waals surface area (Å²) in [4.78, 5) is 63.7. The van der Waals surface area contributed by atoms with Crippen LogP contribution in [0.2, 0.25) is 10.0 Å². The van der Waals surface area contributed by atoms with Crippen molar-refractivity contribution in [3.05, 3.63) is 135 Å². The van der Waals surface area contributed by atoms with Gasteiger partial charge < -0.3 is 9.84 Å². The molecule has 12 heteroatoms. The predicted molar refractivity (Wildman–Crippen MR) is 220 cm³/mol. The van der Waals surface area contributed by atoms with Gasteiger partial charge in [0.1, 0.15) is 11.5 Å². The van der Waals surface area contributed by atoms with E-state index in [2.05, 4.69) is 22.5 Å². The number of aryl methyl sites for hydroxylation is 1. The number of halogens is 2. The van der Waals surface area contributed by atoms with Crippen molar-refractivity contribution >= 4 is 52.5 Å². The smallest absolute Gasteiger partial charge is 0.260 e. The van der Waals surface area contributed by atoms with Crippen LogP contribution in [0.25, 0.3) is 0 Å². The fraction of sp³-hybridized carbons (Fsp3) is 0.348. The average Bonchev–Trinajstić information content (AvgIpc) is 3.61. The normalized spacial score (nSPS) is 27.3. The molecule has 3 heterocycles. The molecule has 3 saturated heterocycles. The van der Waals surface area contributed by atoms with Crippen LogP contribution in [0.1, 0.15) is 53.9 Å². The van der Waals surface area contributed by atoms with Crippen molar-refractivity contribution < 1.29 is 29.0 Å². The van der Waals surface area contributed by atoms with Crippen LogP contribution in [0, 0.1) is 30.6 Å². The number of nitrogens with zero attached hydrogens (tertiary/aromatic N) is 3. The van der Waals surface area contributed by atoms with Crippen molar-refractivity contribution in [3.8, 4) is 11.5 Å². The van der Waals surface area contributed by atoms with Crippen molar-refractivity contribution in [1.82, 2.24) is 14.8 Å². The summed E-state index contributed by atoms with van der Waals surface area (Å²) in [5.74, 6) is -4.52. The van der Waals surface area contributed by atoms with Crippen molar-refractivity contribution in [2.45, 2.75) is 56.5 Å². The molecule has 10 nitrogen and oxygen atoms in total. The van der Waals surface area contributed by atoms with Gasteiger partial charge in [0, 0.05) is 42.2 Å². The molecular weight excluding hydrogens is 775 g/mol. The number of hydrogen-bond donors (Lipinski definition) is 2. The molecule has 0 bridgehead atoms. The molecule has 0 radical (unpaired) electrons. The molecule has 6 atom stereocenters. The summed E-state index contributed by atoms with van der Waals surface area (Å²) in [5.41, 5.74) is 5.42. The van der Waals surface area contributed by atoms with Gasteiger partial charge in [-0.05, 0) is 85.5 Å². The lowest BCUT2D eigenvalue weighted by Gasteiger charge is -2.50. The molecule has 2 N–H and O–H groups in total. The van der Waals surface area contributed by atoms with Gasteiger partial charge in [-0.1, -0.05) is 95.5 Å². The number of phenols is 1. The Morgan fingerprint density at radius 3 is 2.31 bits per heavy atom. The molecule has 0 spiro atoms. The van der Waals surface area contributed by atoms with Crippen LogP contribution in [0.15, 0.2) is 103 Å². The number of piperidine rings is 1. The molecule has 298 valence electrons. The lowest BCUT2D eigenvalue weighted by atomic mass is 9.49. The minimum atomic E-state index is -1.56. The van der Waals surface area contributed by atoms with E-state index in [1.54, 1.807) is 62.6 Å². The van der Waals surface area contributed by atoms with Crippen molar-refractivity contribution in [3.63, 3.8) is 0 Å². The number of carbonyl (C=O) groups excluding carboxylic acids is 4. The van der Waals surface area contributed by atoms with E-state index in [-0.39, 0.29) is 35.0 Å². The van der Waals surface area contributed by atoms with E-state index in [0.717, 1.165) is 30.2 Å². The molecule has 58 heavy (non-hydrogen) atoms. The third kappa shape index (κ3) is 6.02. The minimum Gasteiger partial charge on any atom is -0.507 e. The number of hydrogen-bond acceptors (Lipinski definition) is 8. The highest BCUT2D eigenvalue weighted by molar-refractivity contribution is 6.36. The first-order chi connectivity index (χ1) is 28.0. The maximum atomic E-state index is 15.5. The van der Waals surface area contributed by atoms with Crippen LogP contribution in [0.4, 0.5) is 5.69 Å². The molecule has 9 rings (SSSR count). The Kier molecular flexibility index (Phi) is 9.85. The summed E-state index contributed by atoms with van der Waals surface area (Å²) >= 11 is 12.8. The summed E-state index contributed by atoms with van der Waals surface area (Å²) in [6.45, 7) is 4.12. The number of benzene rings is 4. The molecular formula is C46H44Cl2N4O6. The first kappa shape index (κ1) is 38.4. The van der Waals surface area contributed by atoms with E-state index >= 15 is 9.59 Å². The number of nitrogens with one attached hydrogen (secondary N) is 1. The van der Waals surface area contributed by atoms with E-state index in [0.29, 0.717) is 52.4 Å². The van der Waals surface area contributed by atoms with Gasteiger partial charge in [-0.15, -0.1) is 0 Å². The van der Waals surface area contributed by atoms with E-state index in [1.165, 1.54) is 16.5 Å². The number of methoxy groups -OCH3 is 1. The lowest BCUT2D eigenvalue weighted by molar-refractivity contribution is -0.144. The largest absolute Gasteiger partial charge is 0.507 e. The second-order valence-corrected chi connectivity index (χ2v) is 17.1. The maximum Gasteiger partial charge on any atom is 0.260 e. The van der Waals surface area contributed by atoms with Gasteiger partial charge in [0.15, 0.2) is 0 Å². The second kappa shape index (κ2) is 14.9. The molecule has 2 aliphatic carbocycles. The quantitative estimate of drug-likeness (QED) is 0.138. The van der Waals surface area contributed by atoms with Crippen LogP contribution < -0.4 is 10.2 Å². The van der Waals surface area contributed by atoms with Gasteiger partial charge in [-0.2, -0.15) is 5.01 Å². The number of likely N-dealkylation sites (tertiary alicyclic amines) is 2. The Morgan fingerprint density at radius 1 is 0.862 bits per heavy atom. The number of para-hydroxylation sites is 1. The molecule has 4 amide bonds. The number of aromatic hydroxyl groups is 1. The van der Waals surface area contributed by atoms with Crippen LogP contribution in [-0.2, 0) is 31.1 Å². The zero-order chi connectivity index (χ0) is 40.5. The monoisotopic (exact) mass is 818 g/mol. The molecule has 1 saturated carbocycles. The lowest BCUT2D eigenvalue weighted by Crippen LogP contribution is -2.53. The number of imide groups is 2. The third-order valence-corrected chi connectivity index (χ3v) is 13.9. The molecule has 3 aliphatic heterocycles. The fourth-order valence-electron chi connectivity index (χ4n) is 10.7. The third-order valence-electron chi connectivity index (χ3n) is 13.4. The van der Waals surface area contributed by atoms with Gasteiger partial charge in [0.05, 0.1) is 41.0 Å². The number of carbonyl (C=O) groups is 4. The zero-order valence-electron chi connectivity index (χ0n) is 32.2. The Bertz CT molecular complexity index is 2350. The topological polar surface area (TPSA) is 119 Å². The number of anilines is 1. The highest BCUT2D eigenvalue weighted by atomic mass is 35.5. The molecule has 5 aliphatic rings. The Morgan fingerprint density at radius 2 is 1.60 bits per heavy atom. The molecule has 0 unspecified atom stereocenters. The number of hydrazine groups is 1. The molecule has 4 aromatic carbocycles. The fourth-order valence-corrected chi connectivity index (χ4v) is 11.1. The molecule has 4 fully saturated rings. The number of ether oxygens (including phenoxy) is 1. The first-order valence-corrected chi connectivity index (χ1v) is 20.6. The summed E-state index contributed by atoms with van der Waals surface area (Å²) in [6, 6.07) is 27.4. The highest BCUT2D eigenvalue weighted by Crippen LogP contribution is 2.65. The van der Waals surface area contributed by atoms with Crippen molar-refractivity contribution in [1.29, 1.82) is 0 Å². The van der Waals surface area contributed by atoms with Crippen molar-refractivity contribution in [2.75, 3.05) is 25.6 Å². The minimum absolute atomic E-state index is 0.00734. The predicted octanol–water partition coefficient (Wildman–Crippen LogP) is 7.67. The highest BCUT2D eigenvalue weighted by Gasteiger charge is 2.71. The summed E-state index contributed by atoms with van der Waals surface area (Å²) < 4.78 is 5.50. The zero-order valence-corrected chi connectivity index (χ0v) is 33.7. The van der Waals surface area contributed by atoms with Crippen LogP contribution in [0.3, 0.4) is 0 Å². The summed E-state index contributed by atoms with van der Waals surface area (Å²) in [7, 11) is 1.56. The maximum absolute atomic E-state index is 15.5. The Labute approximate surface area is 347 Å². The van der Waals surface area contributed by atoms with E-state index in [4.69, 9.17) is 27.9 Å².